The lowest BCUT2D eigenvalue weighted by atomic mass is 10.1. The molecule has 1 aliphatic rings. The highest BCUT2D eigenvalue weighted by Crippen LogP contribution is 2.17. The van der Waals surface area contributed by atoms with Gasteiger partial charge in [0.25, 0.3) is 0 Å². The molecule has 1 saturated heterocycles. The molecular weight excluding hydrogens is 210 g/mol. The van der Waals surface area contributed by atoms with Crippen molar-refractivity contribution in [2.24, 2.45) is 0 Å². The standard InChI is InChI=1S/C14H19N3/c1-11-8-13(6-5-12(11)9-15)17-14-4-2-3-7-16-10-14/h5-6,8,14,16-17H,2-4,7,10H2,1H3. The van der Waals surface area contributed by atoms with Crippen LogP contribution in [0.2, 0.25) is 0 Å². The zero-order valence-electron chi connectivity index (χ0n) is 10.3. The number of aryl methyl sites for hydroxylation is 1. The second-order valence-corrected chi connectivity index (χ2v) is 4.68. The summed E-state index contributed by atoms with van der Waals surface area (Å²) in [5.41, 5.74) is 2.92. The Hall–Kier alpha value is -1.53. The topological polar surface area (TPSA) is 47.8 Å². The van der Waals surface area contributed by atoms with Gasteiger partial charge < -0.3 is 10.6 Å². The molecule has 1 aromatic rings. The molecule has 0 aliphatic carbocycles. The van der Waals surface area contributed by atoms with E-state index in [-0.39, 0.29) is 0 Å². The number of hydrogen-bond donors (Lipinski definition) is 2. The lowest BCUT2D eigenvalue weighted by Crippen LogP contribution is -2.30. The van der Waals surface area contributed by atoms with Gasteiger partial charge in [0.15, 0.2) is 0 Å². The van der Waals surface area contributed by atoms with E-state index in [0.717, 1.165) is 29.9 Å². The van der Waals surface area contributed by atoms with E-state index in [0.29, 0.717) is 6.04 Å². The van der Waals surface area contributed by atoms with Crippen molar-refractivity contribution in [3.63, 3.8) is 0 Å². The van der Waals surface area contributed by atoms with Crippen LogP contribution < -0.4 is 10.6 Å². The minimum absolute atomic E-state index is 0.504. The van der Waals surface area contributed by atoms with Gasteiger partial charge in [0.1, 0.15) is 0 Å². The molecule has 0 aromatic heterocycles. The monoisotopic (exact) mass is 229 g/mol. The quantitative estimate of drug-likeness (QED) is 0.818. The number of nitriles is 1. The van der Waals surface area contributed by atoms with Crippen molar-refractivity contribution in [3.05, 3.63) is 29.3 Å². The van der Waals surface area contributed by atoms with Crippen LogP contribution in [0.3, 0.4) is 0 Å². The molecule has 90 valence electrons. The number of benzene rings is 1. The number of rotatable bonds is 2. The van der Waals surface area contributed by atoms with E-state index in [2.05, 4.69) is 22.8 Å². The zero-order valence-corrected chi connectivity index (χ0v) is 10.3. The molecule has 0 bridgehead atoms. The van der Waals surface area contributed by atoms with Crippen LogP contribution in [0, 0.1) is 18.3 Å². The molecule has 1 aromatic carbocycles. The maximum atomic E-state index is 8.89. The fourth-order valence-corrected chi connectivity index (χ4v) is 2.26. The normalized spacial score (nSPS) is 20.4. The van der Waals surface area contributed by atoms with Crippen molar-refractivity contribution < 1.29 is 0 Å². The molecular formula is C14H19N3. The SMILES string of the molecule is Cc1cc(NC2CCCCNC2)ccc1C#N. The van der Waals surface area contributed by atoms with Gasteiger partial charge in [-0.05, 0) is 50.1 Å². The summed E-state index contributed by atoms with van der Waals surface area (Å²) in [5, 5.41) is 15.9. The Labute approximate surface area is 103 Å². The smallest absolute Gasteiger partial charge is 0.0994 e. The van der Waals surface area contributed by atoms with Crippen LogP contribution in [0.25, 0.3) is 0 Å². The third kappa shape index (κ3) is 3.21. The zero-order chi connectivity index (χ0) is 12.1. The summed E-state index contributed by atoms with van der Waals surface area (Å²) in [4.78, 5) is 0. The second kappa shape index (κ2) is 5.70. The maximum absolute atomic E-state index is 8.89. The maximum Gasteiger partial charge on any atom is 0.0994 e. The molecule has 0 amide bonds. The minimum Gasteiger partial charge on any atom is -0.381 e. The molecule has 1 unspecified atom stereocenters. The Kier molecular flexibility index (Phi) is 4.00. The first-order valence-corrected chi connectivity index (χ1v) is 6.27. The van der Waals surface area contributed by atoms with Crippen LogP contribution >= 0.6 is 0 Å². The van der Waals surface area contributed by atoms with Gasteiger partial charge in [-0.15, -0.1) is 0 Å². The van der Waals surface area contributed by atoms with Crippen molar-refractivity contribution in [3.8, 4) is 6.07 Å². The van der Waals surface area contributed by atoms with Gasteiger partial charge >= 0.3 is 0 Å². The van der Waals surface area contributed by atoms with Crippen LogP contribution in [-0.2, 0) is 0 Å². The number of anilines is 1. The fourth-order valence-electron chi connectivity index (χ4n) is 2.26. The first-order valence-electron chi connectivity index (χ1n) is 6.27. The Morgan fingerprint density at radius 1 is 1.41 bits per heavy atom. The van der Waals surface area contributed by atoms with E-state index in [4.69, 9.17) is 5.26 Å². The van der Waals surface area contributed by atoms with Gasteiger partial charge in [-0.2, -0.15) is 5.26 Å². The highest BCUT2D eigenvalue weighted by molar-refractivity contribution is 5.52. The predicted octanol–water partition coefficient (Wildman–Crippen LogP) is 2.42. The molecule has 2 rings (SSSR count). The summed E-state index contributed by atoms with van der Waals surface area (Å²) in [6, 6.07) is 8.65. The Balaban J connectivity index is 2.03. The van der Waals surface area contributed by atoms with Gasteiger partial charge in [-0.1, -0.05) is 6.42 Å². The molecule has 0 radical (unpaired) electrons. The average molecular weight is 229 g/mol. The van der Waals surface area contributed by atoms with Crippen LogP contribution in [0.4, 0.5) is 5.69 Å². The van der Waals surface area contributed by atoms with E-state index in [1.165, 1.54) is 19.3 Å². The van der Waals surface area contributed by atoms with Crippen LogP contribution in [-0.4, -0.2) is 19.1 Å². The molecule has 0 saturated carbocycles. The summed E-state index contributed by atoms with van der Waals surface area (Å²) >= 11 is 0. The Morgan fingerprint density at radius 2 is 2.29 bits per heavy atom. The van der Waals surface area contributed by atoms with Crippen molar-refractivity contribution in [2.75, 3.05) is 18.4 Å². The van der Waals surface area contributed by atoms with E-state index >= 15 is 0 Å². The van der Waals surface area contributed by atoms with E-state index in [9.17, 15) is 0 Å². The Bertz CT molecular complexity index is 412. The highest BCUT2D eigenvalue weighted by atomic mass is 15.0. The molecule has 0 spiro atoms. The van der Waals surface area contributed by atoms with Gasteiger partial charge in [0.2, 0.25) is 0 Å². The van der Waals surface area contributed by atoms with E-state index < -0.39 is 0 Å². The summed E-state index contributed by atoms with van der Waals surface area (Å²) in [5.74, 6) is 0. The molecule has 1 heterocycles. The molecule has 1 aliphatic heterocycles. The van der Waals surface area contributed by atoms with E-state index in [1.807, 2.05) is 19.1 Å². The highest BCUT2D eigenvalue weighted by Gasteiger charge is 2.11. The molecule has 1 fully saturated rings. The van der Waals surface area contributed by atoms with Crippen molar-refractivity contribution in [2.45, 2.75) is 32.2 Å². The Morgan fingerprint density at radius 3 is 3.06 bits per heavy atom. The summed E-state index contributed by atoms with van der Waals surface area (Å²) in [7, 11) is 0. The van der Waals surface area contributed by atoms with Crippen molar-refractivity contribution in [1.29, 1.82) is 5.26 Å². The lowest BCUT2D eigenvalue weighted by Gasteiger charge is -2.18. The first-order chi connectivity index (χ1) is 8.29. The van der Waals surface area contributed by atoms with Gasteiger partial charge in [-0.25, -0.2) is 0 Å². The van der Waals surface area contributed by atoms with Crippen LogP contribution in [0.15, 0.2) is 18.2 Å². The van der Waals surface area contributed by atoms with Crippen LogP contribution in [0.5, 0.6) is 0 Å². The number of nitrogens with one attached hydrogen (secondary N) is 2. The van der Waals surface area contributed by atoms with Gasteiger partial charge in [0.05, 0.1) is 11.6 Å². The minimum atomic E-state index is 0.504. The lowest BCUT2D eigenvalue weighted by molar-refractivity contribution is 0.636. The predicted molar refractivity (Wildman–Crippen MR) is 70.0 cm³/mol. The molecule has 3 heteroatoms. The van der Waals surface area contributed by atoms with Crippen molar-refractivity contribution >= 4 is 5.69 Å². The summed E-state index contributed by atoms with van der Waals surface area (Å²) < 4.78 is 0. The second-order valence-electron chi connectivity index (χ2n) is 4.68. The van der Waals surface area contributed by atoms with E-state index in [1.54, 1.807) is 0 Å². The third-order valence-electron chi connectivity index (χ3n) is 3.26. The summed E-state index contributed by atoms with van der Waals surface area (Å²) in [6.45, 7) is 4.14. The molecule has 3 nitrogen and oxygen atoms in total. The van der Waals surface area contributed by atoms with Crippen molar-refractivity contribution in [1.82, 2.24) is 5.32 Å². The molecule has 2 N–H and O–H groups in total. The fraction of sp³-hybridized carbons (Fsp3) is 0.500. The molecule has 17 heavy (non-hydrogen) atoms. The number of nitrogens with zero attached hydrogens (tertiary/aromatic N) is 1. The largest absolute Gasteiger partial charge is 0.381 e. The first kappa shape index (κ1) is 11.9. The third-order valence-corrected chi connectivity index (χ3v) is 3.26. The molecule has 1 atom stereocenters. The van der Waals surface area contributed by atoms with Gasteiger partial charge in [-0.3, -0.25) is 0 Å². The average Bonchev–Trinajstić information content (AvgIpc) is 2.58. The number of hydrogen-bond acceptors (Lipinski definition) is 3. The summed E-state index contributed by atoms with van der Waals surface area (Å²) in [6.07, 6.45) is 3.76. The van der Waals surface area contributed by atoms with Gasteiger partial charge in [0, 0.05) is 18.3 Å². The van der Waals surface area contributed by atoms with Crippen LogP contribution in [0.1, 0.15) is 30.4 Å².